The monoisotopic (exact) mass is 486 g/mol. The van der Waals surface area contributed by atoms with E-state index in [0.29, 0.717) is 22.8 Å². The second-order valence-electron chi connectivity index (χ2n) is 6.75. The summed E-state index contributed by atoms with van der Waals surface area (Å²) in [6.45, 7) is 0. The standard InChI is InChI=1S/C22H22N4O7S/c1-31-18-9-5-16(6-10-18)25-34(29,30)22-12-17(26(27)28)7-11-20(22)24-23-14-15-4-8-19(32-2)13-21(15)33-3/h4-14,24-25H,1-3H3/b23-14-. The van der Waals surface area contributed by atoms with E-state index in [2.05, 4.69) is 15.2 Å². The lowest BCUT2D eigenvalue weighted by molar-refractivity contribution is -0.385. The number of nitro benzene ring substituents is 1. The Hall–Kier alpha value is -4.32. The molecule has 0 aliphatic rings. The topological polar surface area (TPSA) is 141 Å². The number of rotatable bonds is 10. The number of anilines is 2. The van der Waals surface area contributed by atoms with Gasteiger partial charge < -0.3 is 14.2 Å². The lowest BCUT2D eigenvalue weighted by Crippen LogP contribution is -2.15. The highest BCUT2D eigenvalue weighted by Crippen LogP contribution is 2.29. The molecule has 0 aliphatic heterocycles. The van der Waals surface area contributed by atoms with Crippen molar-refractivity contribution >= 4 is 33.3 Å². The maximum Gasteiger partial charge on any atom is 0.270 e. The van der Waals surface area contributed by atoms with Crippen molar-refractivity contribution in [3.05, 3.63) is 76.3 Å². The third kappa shape index (κ3) is 5.72. The molecule has 2 N–H and O–H groups in total. The van der Waals surface area contributed by atoms with Crippen LogP contribution in [0.1, 0.15) is 5.56 Å². The highest BCUT2D eigenvalue weighted by molar-refractivity contribution is 7.92. The van der Waals surface area contributed by atoms with Crippen LogP contribution >= 0.6 is 0 Å². The molecule has 0 saturated heterocycles. The van der Waals surface area contributed by atoms with Gasteiger partial charge >= 0.3 is 0 Å². The van der Waals surface area contributed by atoms with Crippen molar-refractivity contribution < 1.29 is 27.6 Å². The Morgan fingerprint density at radius 1 is 0.912 bits per heavy atom. The van der Waals surface area contributed by atoms with Crippen LogP contribution in [0.3, 0.4) is 0 Å². The third-order valence-corrected chi connectivity index (χ3v) is 6.06. The fourth-order valence-electron chi connectivity index (χ4n) is 2.90. The number of hydrogen-bond donors (Lipinski definition) is 2. The van der Waals surface area contributed by atoms with Crippen molar-refractivity contribution in [3.63, 3.8) is 0 Å². The number of sulfonamides is 1. The third-order valence-electron chi connectivity index (χ3n) is 4.64. The van der Waals surface area contributed by atoms with Gasteiger partial charge in [0.05, 0.1) is 38.2 Å². The summed E-state index contributed by atoms with van der Waals surface area (Å²) < 4.78 is 44.1. The molecule has 0 radical (unpaired) electrons. The summed E-state index contributed by atoms with van der Waals surface area (Å²) in [5, 5.41) is 15.3. The highest BCUT2D eigenvalue weighted by Gasteiger charge is 2.23. The zero-order valence-corrected chi connectivity index (χ0v) is 19.3. The van der Waals surface area contributed by atoms with Crippen molar-refractivity contribution in [2.75, 3.05) is 31.5 Å². The Labute approximate surface area is 196 Å². The number of nitro groups is 1. The van der Waals surface area contributed by atoms with Gasteiger partial charge in [0.25, 0.3) is 15.7 Å². The number of hydrogen-bond acceptors (Lipinski definition) is 9. The van der Waals surface area contributed by atoms with Crippen molar-refractivity contribution in [2.45, 2.75) is 4.90 Å². The van der Waals surface area contributed by atoms with Gasteiger partial charge in [-0.25, -0.2) is 8.42 Å². The van der Waals surface area contributed by atoms with E-state index in [1.165, 1.54) is 51.8 Å². The first-order chi connectivity index (χ1) is 16.3. The van der Waals surface area contributed by atoms with E-state index in [4.69, 9.17) is 14.2 Å². The van der Waals surface area contributed by atoms with Crippen LogP contribution in [0.15, 0.2) is 70.7 Å². The van der Waals surface area contributed by atoms with E-state index in [0.717, 1.165) is 6.07 Å². The van der Waals surface area contributed by atoms with Crippen LogP contribution in [-0.4, -0.2) is 40.9 Å². The van der Waals surface area contributed by atoms with Crippen LogP contribution in [0.5, 0.6) is 17.2 Å². The van der Waals surface area contributed by atoms with Gasteiger partial charge in [0, 0.05) is 29.4 Å². The van der Waals surface area contributed by atoms with Gasteiger partial charge in [-0.15, -0.1) is 0 Å². The lowest BCUT2D eigenvalue weighted by Gasteiger charge is -2.12. The molecule has 0 aromatic heterocycles. The number of ether oxygens (including phenoxy) is 3. The van der Waals surface area contributed by atoms with Gasteiger partial charge in [-0.2, -0.15) is 5.10 Å². The van der Waals surface area contributed by atoms with E-state index in [1.807, 2.05) is 0 Å². The number of hydrazone groups is 1. The van der Waals surface area contributed by atoms with E-state index in [-0.39, 0.29) is 22.0 Å². The zero-order valence-electron chi connectivity index (χ0n) is 18.5. The molecule has 0 bridgehead atoms. The molecule has 0 spiro atoms. The van der Waals surface area contributed by atoms with Gasteiger partial charge in [0.2, 0.25) is 0 Å². The van der Waals surface area contributed by atoms with E-state index >= 15 is 0 Å². The maximum absolute atomic E-state index is 13.1. The van der Waals surface area contributed by atoms with Crippen molar-refractivity contribution in [1.82, 2.24) is 0 Å². The summed E-state index contributed by atoms with van der Waals surface area (Å²) in [5.74, 6) is 1.63. The normalized spacial score (nSPS) is 11.1. The molecule has 0 aliphatic carbocycles. The van der Waals surface area contributed by atoms with E-state index < -0.39 is 14.9 Å². The molecule has 0 unspecified atom stereocenters. The Kier molecular flexibility index (Phi) is 7.53. The van der Waals surface area contributed by atoms with Gasteiger partial charge in [-0.1, -0.05) is 0 Å². The van der Waals surface area contributed by atoms with Crippen LogP contribution in [0.25, 0.3) is 0 Å². The Balaban J connectivity index is 1.92. The van der Waals surface area contributed by atoms with Crippen LogP contribution in [0.4, 0.5) is 17.1 Å². The van der Waals surface area contributed by atoms with Crippen LogP contribution in [0, 0.1) is 10.1 Å². The fraction of sp³-hybridized carbons (Fsp3) is 0.136. The number of non-ortho nitro benzene ring substituents is 1. The second kappa shape index (κ2) is 10.5. The van der Waals surface area contributed by atoms with Crippen LogP contribution < -0.4 is 24.4 Å². The zero-order chi connectivity index (χ0) is 24.7. The Morgan fingerprint density at radius 2 is 1.59 bits per heavy atom. The smallest absolute Gasteiger partial charge is 0.270 e. The first-order valence-electron chi connectivity index (χ1n) is 9.74. The minimum absolute atomic E-state index is 0.0374. The number of nitrogens with zero attached hydrogens (tertiary/aromatic N) is 2. The summed E-state index contributed by atoms with van der Waals surface area (Å²) in [4.78, 5) is 10.2. The lowest BCUT2D eigenvalue weighted by atomic mass is 10.2. The van der Waals surface area contributed by atoms with Gasteiger partial charge in [-0.3, -0.25) is 20.3 Å². The van der Waals surface area contributed by atoms with Crippen molar-refractivity contribution in [3.8, 4) is 17.2 Å². The average Bonchev–Trinajstić information content (AvgIpc) is 2.84. The molecule has 178 valence electrons. The van der Waals surface area contributed by atoms with Gasteiger partial charge in [0.1, 0.15) is 22.1 Å². The molecular formula is C22H22N4O7S. The predicted molar refractivity (Wildman–Crippen MR) is 128 cm³/mol. The molecule has 0 atom stereocenters. The molecule has 0 saturated carbocycles. The van der Waals surface area contributed by atoms with Crippen LogP contribution in [0.2, 0.25) is 0 Å². The summed E-state index contributed by atoms with van der Waals surface area (Å²) >= 11 is 0. The van der Waals surface area contributed by atoms with Crippen molar-refractivity contribution in [2.24, 2.45) is 5.10 Å². The summed E-state index contributed by atoms with van der Waals surface area (Å²) in [6.07, 6.45) is 1.42. The summed E-state index contributed by atoms with van der Waals surface area (Å²) in [6, 6.07) is 14.7. The van der Waals surface area contributed by atoms with E-state index in [1.54, 1.807) is 30.3 Å². The van der Waals surface area contributed by atoms with E-state index in [9.17, 15) is 18.5 Å². The van der Waals surface area contributed by atoms with Gasteiger partial charge in [-0.05, 0) is 42.5 Å². The number of methoxy groups -OCH3 is 3. The summed E-state index contributed by atoms with van der Waals surface area (Å²) in [7, 11) is 0.299. The average molecular weight is 487 g/mol. The molecule has 11 nitrogen and oxygen atoms in total. The molecule has 3 aromatic carbocycles. The number of benzene rings is 3. The molecular weight excluding hydrogens is 464 g/mol. The first-order valence-corrected chi connectivity index (χ1v) is 11.2. The molecule has 34 heavy (non-hydrogen) atoms. The Morgan fingerprint density at radius 3 is 2.21 bits per heavy atom. The SMILES string of the molecule is COc1ccc(NS(=O)(=O)c2cc([N+](=O)[O-])ccc2N/N=C\c2ccc(OC)cc2OC)cc1. The highest BCUT2D eigenvalue weighted by atomic mass is 32.2. The largest absolute Gasteiger partial charge is 0.497 e. The molecule has 3 rings (SSSR count). The minimum Gasteiger partial charge on any atom is -0.497 e. The van der Waals surface area contributed by atoms with Crippen LogP contribution in [-0.2, 0) is 10.0 Å². The molecule has 12 heteroatoms. The maximum atomic E-state index is 13.1. The molecule has 0 heterocycles. The second-order valence-corrected chi connectivity index (χ2v) is 8.40. The number of nitrogens with one attached hydrogen (secondary N) is 2. The fourth-order valence-corrected chi connectivity index (χ4v) is 4.14. The van der Waals surface area contributed by atoms with Crippen molar-refractivity contribution in [1.29, 1.82) is 0 Å². The summed E-state index contributed by atoms with van der Waals surface area (Å²) in [5.41, 5.74) is 3.14. The molecule has 3 aromatic rings. The first kappa shape index (κ1) is 24.3. The molecule has 0 amide bonds. The minimum atomic E-state index is -4.21. The Bertz CT molecular complexity index is 1310. The predicted octanol–water partition coefficient (Wildman–Crippen LogP) is 3.87. The van der Waals surface area contributed by atoms with Gasteiger partial charge in [0.15, 0.2) is 0 Å². The quantitative estimate of drug-likeness (QED) is 0.250. The molecule has 0 fully saturated rings.